The lowest BCUT2D eigenvalue weighted by Crippen LogP contribution is -2.40. The minimum atomic E-state index is -1.01. The molecule has 0 aromatic heterocycles. The highest BCUT2D eigenvalue weighted by Crippen LogP contribution is 2.18. The lowest BCUT2D eigenvalue weighted by Gasteiger charge is -2.12. The summed E-state index contributed by atoms with van der Waals surface area (Å²) in [6, 6.07) is 4.63. The molecule has 0 bridgehead atoms. The van der Waals surface area contributed by atoms with Gasteiger partial charge in [0, 0.05) is 0 Å². The smallest absolute Gasteiger partial charge is 0.326 e. The van der Waals surface area contributed by atoms with E-state index in [1.165, 1.54) is 0 Å². The zero-order chi connectivity index (χ0) is 14.4. The molecular weight excluding hydrogens is 246 g/mol. The van der Waals surface area contributed by atoms with Gasteiger partial charge in [-0.05, 0) is 30.5 Å². The van der Waals surface area contributed by atoms with Crippen LogP contribution in [0.5, 0.6) is 5.75 Å². The minimum Gasteiger partial charge on any atom is -0.496 e. The van der Waals surface area contributed by atoms with E-state index in [1.807, 2.05) is 13.0 Å². The summed E-state index contributed by atoms with van der Waals surface area (Å²) in [5.41, 5.74) is 1.77. The number of hydrogen-bond acceptors (Lipinski definition) is 3. The summed E-state index contributed by atoms with van der Waals surface area (Å²) in [6.07, 6.45) is 0.525. The molecule has 1 unspecified atom stereocenters. The van der Waals surface area contributed by atoms with Gasteiger partial charge in [-0.15, -0.1) is 0 Å². The first-order chi connectivity index (χ1) is 8.97. The molecule has 19 heavy (non-hydrogen) atoms. The molecule has 1 atom stereocenters. The summed E-state index contributed by atoms with van der Waals surface area (Å²) >= 11 is 0. The normalized spacial score (nSPS) is 11.7. The highest BCUT2D eigenvalue weighted by molar-refractivity contribution is 5.84. The molecule has 0 aliphatic rings. The summed E-state index contributed by atoms with van der Waals surface area (Å²) in [4.78, 5) is 22.6. The van der Waals surface area contributed by atoms with Crippen LogP contribution in [-0.2, 0) is 16.0 Å². The van der Waals surface area contributed by atoms with Crippen LogP contribution >= 0.6 is 0 Å². The lowest BCUT2D eigenvalue weighted by molar-refractivity contribution is -0.141. The Bertz CT molecular complexity index is 471. The maximum atomic E-state index is 11.7. The zero-order valence-electron chi connectivity index (χ0n) is 11.4. The molecule has 0 spiro atoms. The maximum absolute atomic E-state index is 11.7. The van der Waals surface area contributed by atoms with Gasteiger partial charge in [0.15, 0.2) is 0 Å². The van der Waals surface area contributed by atoms with Gasteiger partial charge in [-0.25, -0.2) is 4.79 Å². The molecule has 0 radical (unpaired) electrons. The van der Waals surface area contributed by atoms with Crippen LogP contribution in [0.2, 0.25) is 0 Å². The van der Waals surface area contributed by atoms with Gasteiger partial charge >= 0.3 is 5.97 Å². The Morgan fingerprint density at radius 1 is 1.42 bits per heavy atom. The SMILES string of the molecule is CCC(NC(=O)Cc1ccc(OC)c(C)c1)C(=O)O. The van der Waals surface area contributed by atoms with Crippen LogP contribution < -0.4 is 10.1 Å². The van der Waals surface area contributed by atoms with Gasteiger partial charge in [0.25, 0.3) is 0 Å². The number of aryl methyl sites for hydroxylation is 1. The second-order valence-corrected chi connectivity index (χ2v) is 4.35. The van der Waals surface area contributed by atoms with Gasteiger partial charge in [0.05, 0.1) is 13.5 Å². The van der Waals surface area contributed by atoms with Crippen LogP contribution in [0.4, 0.5) is 0 Å². The summed E-state index contributed by atoms with van der Waals surface area (Å²) in [5.74, 6) is -0.540. The fraction of sp³-hybridized carbons (Fsp3) is 0.429. The second-order valence-electron chi connectivity index (χ2n) is 4.35. The van der Waals surface area contributed by atoms with E-state index >= 15 is 0 Å². The van der Waals surface area contributed by atoms with E-state index < -0.39 is 12.0 Å². The number of carboxylic acids is 1. The summed E-state index contributed by atoms with van der Waals surface area (Å²) < 4.78 is 5.14. The maximum Gasteiger partial charge on any atom is 0.326 e. The summed E-state index contributed by atoms with van der Waals surface area (Å²) in [7, 11) is 1.59. The van der Waals surface area contributed by atoms with Crippen LogP contribution in [0.1, 0.15) is 24.5 Å². The molecule has 1 aromatic rings. The average molecular weight is 265 g/mol. The Balaban J connectivity index is 2.67. The Kier molecular flexibility index (Phi) is 5.36. The number of ether oxygens (including phenoxy) is 1. The van der Waals surface area contributed by atoms with Crippen molar-refractivity contribution in [1.29, 1.82) is 0 Å². The van der Waals surface area contributed by atoms with Gasteiger partial charge in [0.1, 0.15) is 11.8 Å². The van der Waals surface area contributed by atoms with Crippen LogP contribution in [0.25, 0.3) is 0 Å². The Morgan fingerprint density at radius 2 is 2.11 bits per heavy atom. The number of carbonyl (C=O) groups excluding carboxylic acids is 1. The topological polar surface area (TPSA) is 75.6 Å². The molecule has 0 aliphatic carbocycles. The highest BCUT2D eigenvalue weighted by atomic mass is 16.5. The highest BCUT2D eigenvalue weighted by Gasteiger charge is 2.17. The summed E-state index contributed by atoms with van der Waals surface area (Å²) in [6.45, 7) is 3.61. The molecule has 0 fully saturated rings. The molecule has 0 heterocycles. The molecule has 2 N–H and O–H groups in total. The van der Waals surface area contributed by atoms with E-state index in [0.29, 0.717) is 6.42 Å². The largest absolute Gasteiger partial charge is 0.496 e. The first kappa shape index (κ1) is 15.0. The number of hydrogen-bond donors (Lipinski definition) is 2. The number of benzene rings is 1. The van der Waals surface area contributed by atoms with Gasteiger partial charge in [0.2, 0.25) is 5.91 Å². The van der Waals surface area contributed by atoms with Crippen LogP contribution in [-0.4, -0.2) is 30.1 Å². The van der Waals surface area contributed by atoms with Gasteiger partial charge in [-0.1, -0.05) is 19.1 Å². The average Bonchev–Trinajstić information content (AvgIpc) is 2.35. The van der Waals surface area contributed by atoms with E-state index in [9.17, 15) is 9.59 Å². The molecule has 1 amide bonds. The number of aliphatic carboxylic acids is 1. The van der Waals surface area contributed by atoms with Crippen molar-refractivity contribution in [2.75, 3.05) is 7.11 Å². The molecular formula is C14H19NO4. The second kappa shape index (κ2) is 6.78. The number of nitrogens with one attached hydrogen (secondary N) is 1. The minimum absolute atomic E-state index is 0.161. The molecule has 1 aromatic carbocycles. The molecule has 104 valence electrons. The number of methoxy groups -OCH3 is 1. The molecule has 0 aliphatic heterocycles. The fourth-order valence-corrected chi connectivity index (χ4v) is 1.82. The molecule has 0 saturated carbocycles. The van der Waals surface area contributed by atoms with Gasteiger partial charge in [-0.3, -0.25) is 4.79 Å². The number of amides is 1. The lowest BCUT2D eigenvalue weighted by atomic mass is 10.1. The Hall–Kier alpha value is -2.04. The Labute approximate surface area is 112 Å². The molecule has 5 heteroatoms. The van der Waals surface area contributed by atoms with E-state index in [-0.39, 0.29) is 12.3 Å². The van der Waals surface area contributed by atoms with Crippen molar-refractivity contribution in [3.05, 3.63) is 29.3 Å². The molecule has 0 saturated heterocycles. The third kappa shape index (κ3) is 4.28. The van der Waals surface area contributed by atoms with E-state index in [0.717, 1.165) is 16.9 Å². The Morgan fingerprint density at radius 3 is 2.58 bits per heavy atom. The third-order valence-electron chi connectivity index (χ3n) is 2.87. The van der Waals surface area contributed by atoms with Crippen molar-refractivity contribution in [3.8, 4) is 5.75 Å². The van der Waals surface area contributed by atoms with Crippen molar-refractivity contribution in [2.45, 2.75) is 32.7 Å². The molecule has 1 rings (SSSR count). The monoisotopic (exact) mass is 265 g/mol. The number of rotatable bonds is 6. The van der Waals surface area contributed by atoms with E-state index in [2.05, 4.69) is 5.32 Å². The van der Waals surface area contributed by atoms with Gasteiger partial charge in [-0.2, -0.15) is 0 Å². The predicted octanol–water partition coefficient (Wildman–Crippen LogP) is 1.53. The molecule has 5 nitrogen and oxygen atoms in total. The summed E-state index contributed by atoms with van der Waals surface area (Å²) in [5, 5.41) is 11.4. The van der Waals surface area contributed by atoms with Crippen molar-refractivity contribution < 1.29 is 19.4 Å². The van der Waals surface area contributed by atoms with Crippen molar-refractivity contribution in [1.82, 2.24) is 5.32 Å². The first-order valence-electron chi connectivity index (χ1n) is 6.13. The van der Waals surface area contributed by atoms with Crippen molar-refractivity contribution in [3.63, 3.8) is 0 Å². The van der Waals surface area contributed by atoms with E-state index in [4.69, 9.17) is 9.84 Å². The number of carboxylic acid groups (broad SMARTS) is 1. The standard InChI is InChI=1S/C14H19NO4/c1-4-11(14(17)18)15-13(16)8-10-5-6-12(19-3)9(2)7-10/h5-7,11H,4,8H2,1-3H3,(H,15,16)(H,17,18). The first-order valence-corrected chi connectivity index (χ1v) is 6.13. The van der Waals surface area contributed by atoms with Gasteiger partial charge < -0.3 is 15.2 Å². The number of carbonyl (C=O) groups is 2. The van der Waals surface area contributed by atoms with Crippen LogP contribution in [0, 0.1) is 6.92 Å². The quantitative estimate of drug-likeness (QED) is 0.817. The predicted molar refractivity (Wildman–Crippen MR) is 71.3 cm³/mol. The van der Waals surface area contributed by atoms with Crippen LogP contribution in [0.3, 0.4) is 0 Å². The van der Waals surface area contributed by atoms with E-state index in [1.54, 1.807) is 26.2 Å². The third-order valence-corrected chi connectivity index (χ3v) is 2.87. The van der Waals surface area contributed by atoms with Crippen molar-refractivity contribution >= 4 is 11.9 Å². The fourth-order valence-electron chi connectivity index (χ4n) is 1.82. The van der Waals surface area contributed by atoms with Crippen molar-refractivity contribution in [2.24, 2.45) is 0 Å². The zero-order valence-corrected chi connectivity index (χ0v) is 11.4. The van der Waals surface area contributed by atoms with Crippen LogP contribution in [0.15, 0.2) is 18.2 Å².